The number of hydrogen-bond acceptors (Lipinski definition) is 4. The minimum atomic E-state index is -3.06. The van der Waals surface area contributed by atoms with Crippen LogP contribution in [-0.2, 0) is 15.6 Å². The summed E-state index contributed by atoms with van der Waals surface area (Å²) >= 11 is 0. The van der Waals surface area contributed by atoms with E-state index in [9.17, 15) is 8.42 Å². The van der Waals surface area contributed by atoms with Crippen LogP contribution in [-0.4, -0.2) is 24.6 Å². The predicted octanol–water partition coefficient (Wildman–Crippen LogP) is 1.69. The molecule has 2 rings (SSSR count). The standard InChI is InChI=1S/C12H12N2O2S/c1-17(15,16)9-11-8-14-7-4-12(11)10-2-5-13-6-3-10/h2-8H,9H2,1H3. The molecule has 0 bridgehead atoms. The highest BCUT2D eigenvalue weighted by atomic mass is 32.2. The lowest BCUT2D eigenvalue weighted by molar-refractivity contribution is 0.601. The van der Waals surface area contributed by atoms with Gasteiger partial charge in [0.25, 0.3) is 0 Å². The lowest BCUT2D eigenvalue weighted by Gasteiger charge is -2.07. The highest BCUT2D eigenvalue weighted by Crippen LogP contribution is 2.23. The molecule has 2 aromatic heterocycles. The van der Waals surface area contributed by atoms with Gasteiger partial charge in [0.05, 0.1) is 5.75 Å². The highest BCUT2D eigenvalue weighted by Gasteiger charge is 2.10. The van der Waals surface area contributed by atoms with Crippen LogP contribution < -0.4 is 0 Å². The van der Waals surface area contributed by atoms with Crippen molar-refractivity contribution >= 4 is 9.84 Å². The fourth-order valence-electron chi connectivity index (χ4n) is 1.64. The zero-order valence-electron chi connectivity index (χ0n) is 9.37. The summed E-state index contributed by atoms with van der Waals surface area (Å²) in [7, 11) is -3.06. The van der Waals surface area contributed by atoms with E-state index < -0.39 is 9.84 Å². The summed E-state index contributed by atoms with van der Waals surface area (Å²) in [5.41, 5.74) is 2.54. The molecular weight excluding hydrogens is 236 g/mol. The minimum absolute atomic E-state index is 0.00149. The Morgan fingerprint density at radius 2 is 1.71 bits per heavy atom. The summed E-state index contributed by atoms with van der Waals surface area (Å²) in [5.74, 6) is -0.00149. The van der Waals surface area contributed by atoms with Crippen LogP contribution in [0.3, 0.4) is 0 Å². The second kappa shape index (κ2) is 4.63. The fraction of sp³-hybridized carbons (Fsp3) is 0.167. The second-order valence-corrected chi connectivity index (χ2v) is 5.98. The van der Waals surface area contributed by atoms with Gasteiger partial charge in [-0.05, 0) is 34.9 Å². The van der Waals surface area contributed by atoms with Crippen molar-refractivity contribution in [1.82, 2.24) is 9.97 Å². The largest absolute Gasteiger partial charge is 0.265 e. The van der Waals surface area contributed by atoms with Crippen LogP contribution in [0.2, 0.25) is 0 Å². The number of sulfone groups is 1. The van der Waals surface area contributed by atoms with E-state index >= 15 is 0 Å². The van der Waals surface area contributed by atoms with Crippen LogP contribution in [0.5, 0.6) is 0 Å². The van der Waals surface area contributed by atoms with Crippen LogP contribution in [0.15, 0.2) is 43.0 Å². The van der Waals surface area contributed by atoms with Crippen molar-refractivity contribution in [3.63, 3.8) is 0 Å². The predicted molar refractivity (Wildman–Crippen MR) is 66.0 cm³/mol. The third kappa shape index (κ3) is 3.10. The van der Waals surface area contributed by atoms with E-state index in [1.54, 1.807) is 24.8 Å². The molecule has 0 aromatic carbocycles. The van der Waals surface area contributed by atoms with E-state index in [-0.39, 0.29) is 5.75 Å². The third-order valence-corrected chi connectivity index (χ3v) is 3.15. The number of rotatable bonds is 3. The molecular formula is C12H12N2O2S. The molecule has 0 N–H and O–H groups in total. The zero-order chi connectivity index (χ0) is 12.3. The van der Waals surface area contributed by atoms with Gasteiger partial charge >= 0.3 is 0 Å². The highest BCUT2D eigenvalue weighted by molar-refractivity contribution is 7.89. The molecule has 88 valence electrons. The molecule has 0 amide bonds. The van der Waals surface area contributed by atoms with Crippen LogP contribution in [0, 0.1) is 0 Å². The zero-order valence-corrected chi connectivity index (χ0v) is 10.2. The molecule has 17 heavy (non-hydrogen) atoms. The quantitative estimate of drug-likeness (QED) is 0.829. The number of aromatic nitrogens is 2. The van der Waals surface area contributed by atoms with Gasteiger partial charge in [0.15, 0.2) is 9.84 Å². The van der Waals surface area contributed by atoms with Crippen molar-refractivity contribution in [3.05, 3.63) is 48.5 Å². The Morgan fingerprint density at radius 1 is 1.06 bits per heavy atom. The summed E-state index contributed by atoms with van der Waals surface area (Å²) in [6, 6.07) is 5.51. The minimum Gasteiger partial charge on any atom is -0.265 e. The Balaban J connectivity index is 2.49. The molecule has 4 nitrogen and oxygen atoms in total. The Hall–Kier alpha value is -1.75. The van der Waals surface area contributed by atoms with Gasteiger partial charge in [0.1, 0.15) is 0 Å². The van der Waals surface area contributed by atoms with Gasteiger partial charge in [0.2, 0.25) is 0 Å². The topological polar surface area (TPSA) is 59.9 Å². The molecule has 0 atom stereocenters. The molecule has 0 radical (unpaired) electrons. The fourth-order valence-corrected chi connectivity index (χ4v) is 2.43. The smallest absolute Gasteiger partial charge is 0.151 e. The van der Waals surface area contributed by atoms with Crippen LogP contribution in [0.4, 0.5) is 0 Å². The summed E-state index contributed by atoms with van der Waals surface area (Å²) in [6.45, 7) is 0. The molecule has 0 aliphatic carbocycles. The van der Waals surface area contributed by atoms with Gasteiger partial charge in [-0.3, -0.25) is 9.97 Å². The summed E-state index contributed by atoms with van der Waals surface area (Å²) in [6.07, 6.45) is 7.83. The van der Waals surface area contributed by atoms with E-state index in [1.807, 2.05) is 18.2 Å². The average Bonchev–Trinajstić information content (AvgIpc) is 2.29. The number of nitrogens with zero attached hydrogens (tertiary/aromatic N) is 2. The Labute approximate surface area is 100 Å². The van der Waals surface area contributed by atoms with Gasteiger partial charge < -0.3 is 0 Å². The molecule has 0 fully saturated rings. The van der Waals surface area contributed by atoms with Gasteiger partial charge in [-0.1, -0.05) is 0 Å². The molecule has 0 spiro atoms. The first-order valence-electron chi connectivity index (χ1n) is 5.07. The molecule has 5 heteroatoms. The first-order chi connectivity index (χ1) is 8.06. The number of hydrogen-bond donors (Lipinski definition) is 0. The van der Waals surface area contributed by atoms with E-state index in [4.69, 9.17) is 0 Å². The molecule has 0 aliphatic heterocycles. The maximum absolute atomic E-state index is 11.3. The first-order valence-corrected chi connectivity index (χ1v) is 7.13. The third-order valence-electron chi connectivity index (χ3n) is 2.31. The molecule has 0 unspecified atom stereocenters. The summed E-state index contributed by atoms with van der Waals surface area (Å²) in [4.78, 5) is 7.92. The summed E-state index contributed by atoms with van der Waals surface area (Å²) < 4.78 is 22.7. The van der Waals surface area contributed by atoms with Crippen LogP contribution >= 0.6 is 0 Å². The maximum Gasteiger partial charge on any atom is 0.151 e. The Morgan fingerprint density at radius 3 is 2.35 bits per heavy atom. The Kier molecular flexibility index (Phi) is 3.19. The van der Waals surface area contributed by atoms with Crippen molar-refractivity contribution in [2.75, 3.05) is 6.26 Å². The maximum atomic E-state index is 11.3. The van der Waals surface area contributed by atoms with Crippen molar-refractivity contribution in [3.8, 4) is 11.1 Å². The van der Waals surface area contributed by atoms with Crippen molar-refractivity contribution in [2.24, 2.45) is 0 Å². The lowest BCUT2D eigenvalue weighted by atomic mass is 10.0. The van der Waals surface area contributed by atoms with E-state index in [1.165, 1.54) is 6.26 Å². The lowest BCUT2D eigenvalue weighted by Crippen LogP contribution is -2.02. The van der Waals surface area contributed by atoms with E-state index in [2.05, 4.69) is 9.97 Å². The summed E-state index contributed by atoms with van der Waals surface area (Å²) in [5, 5.41) is 0. The monoisotopic (exact) mass is 248 g/mol. The van der Waals surface area contributed by atoms with Gasteiger partial charge in [-0.2, -0.15) is 0 Å². The normalized spacial score (nSPS) is 11.4. The van der Waals surface area contributed by atoms with E-state index in [0.717, 1.165) is 11.1 Å². The molecule has 0 saturated carbocycles. The molecule has 2 heterocycles. The van der Waals surface area contributed by atoms with Crippen molar-refractivity contribution in [2.45, 2.75) is 5.75 Å². The van der Waals surface area contributed by atoms with Gasteiger partial charge in [0, 0.05) is 31.0 Å². The SMILES string of the molecule is CS(=O)(=O)Cc1cnccc1-c1ccncc1. The molecule has 0 aliphatic rings. The van der Waals surface area contributed by atoms with Crippen LogP contribution in [0.25, 0.3) is 11.1 Å². The first kappa shape index (κ1) is 11.7. The van der Waals surface area contributed by atoms with Crippen molar-refractivity contribution in [1.29, 1.82) is 0 Å². The molecule has 2 aromatic rings. The van der Waals surface area contributed by atoms with Gasteiger partial charge in [-0.15, -0.1) is 0 Å². The Bertz CT molecular complexity index is 609. The van der Waals surface area contributed by atoms with Crippen LogP contribution in [0.1, 0.15) is 5.56 Å². The van der Waals surface area contributed by atoms with E-state index in [0.29, 0.717) is 5.56 Å². The second-order valence-electron chi connectivity index (χ2n) is 3.84. The van der Waals surface area contributed by atoms with Gasteiger partial charge in [-0.25, -0.2) is 8.42 Å². The van der Waals surface area contributed by atoms with Crippen molar-refractivity contribution < 1.29 is 8.42 Å². The number of pyridine rings is 2. The molecule has 0 saturated heterocycles. The average molecular weight is 248 g/mol.